The molecule has 0 aromatic carbocycles. The zero-order valence-corrected chi connectivity index (χ0v) is 10.0. The number of aromatic nitrogens is 1. The summed E-state index contributed by atoms with van der Waals surface area (Å²) in [5.74, 6) is 0.625. The number of rotatable bonds is 4. The number of nitrogens with zero attached hydrogens (tertiary/aromatic N) is 2. The Morgan fingerprint density at radius 3 is 2.75 bits per heavy atom. The standard InChI is InChI=1S/C13H21N3/c1-2-16(12-7-3-4-8-12)10-11-6-5-9-13(14)15-11/h5-6,9,12H,2-4,7-8,10H2,1H3,(H2,14,15). The second-order valence-electron chi connectivity index (χ2n) is 4.56. The fourth-order valence-electron chi connectivity index (χ4n) is 2.56. The van der Waals surface area contributed by atoms with Crippen LogP contribution in [0.15, 0.2) is 18.2 Å². The number of nitrogen functional groups attached to an aromatic ring is 1. The first-order valence-corrected chi connectivity index (χ1v) is 6.25. The topological polar surface area (TPSA) is 42.1 Å². The zero-order chi connectivity index (χ0) is 11.4. The van der Waals surface area contributed by atoms with E-state index < -0.39 is 0 Å². The molecule has 3 nitrogen and oxygen atoms in total. The molecule has 0 spiro atoms. The van der Waals surface area contributed by atoms with Gasteiger partial charge >= 0.3 is 0 Å². The van der Waals surface area contributed by atoms with Gasteiger partial charge in [-0.3, -0.25) is 4.90 Å². The molecule has 0 radical (unpaired) electrons. The molecule has 1 heterocycles. The van der Waals surface area contributed by atoms with Crippen molar-refractivity contribution >= 4 is 5.82 Å². The minimum Gasteiger partial charge on any atom is -0.384 e. The lowest BCUT2D eigenvalue weighted by Crippen LogP contribution is -2.32. The maximum absolute atomic E-state index is 5.70. The first kappa shape index (κ1) is 11.4. The fraction of sp³-hybridized carbons (Fsp3) is 0.615. The lowest BCUT2D eigenvalue weighted by atomic mass is 10.2. The Labute approximate surface area is 97.7 Å². The van der Waals surface area contributed by atoms with Crippen LogP contribution in [0.4, 0.5) is 5.82 Å². The van der Waals surface area contributed by atoms with E-state index in [4.69, 9.17) is 5.73 Å². The number of pyridine rings is 1. The van der Waals surface area contributed by atoms with E-state index in [1.54, 1.807) is 0 Å². The summed E-state index contributed by atoms with van der Waals surface area (Å²) >= 11 is 0. The zero-order valence-electron chi connectivity index (χ0n) is 10.0. The first-order chi connectivity index (χ1) is 7.79. The van der Waals surface area contributed by atoms with E-state index in [0.717, 1.165) is 24.8 Å². The van der Waals surface area contributed by atoms with Gasteiger partial charge < -0.3 is 5.73 Å². The van der Waals surface area contributed by atoms with Gasteiger partial charge in [0, 0.05) is 12.6 Å². The molecule has 2 N–H and O–H groups in total. The van der Waals surface area contributed by atoms with E-state index >= 15 is 0 Å². The molecular formula is C13H21N3. The Morgan fingerprint density at radius 2 is 2.12 bits per heavy atom. The van der Waals surface area contributed by atoms with Gasteiger partial charge in [-0.05, 0) is 31.5 Å². The summed E-state index contributed by atoms with van der Waals surface area (Å²) in [5, 5.41) is 0. The highest BCUT2D eigenvalue weighted by atomic mass is 15.2. The summed E-state index contributed by atoms with van der Waals surface area (Å²) in [6.45, 7) is 4.26. The van der Waals surface area contributed by atoms with Gasteiger partial charge in [-0.15, -0.1) is 0 Å². The molecule has 1 aliphatic rings. The molecule has 1 saturated carbocycles. The number of nitrogens with two attached hydrogens (primary N) is 1. The largest absolute Gasteiger partial charge is 0.384 e. The lowest BCUT2D eigenvalue weighted by molar-refractivity contribution is 0.198. The van der Waals surface area contributed by atoms with Crippen molar-refractivity contribution in [1.29, 1.82) is 0 Å². The summed E-state index contributed by atoms with van der Waals surface area (Å²) in [4.78, 5) is 6.89. The lowest BCUT2D eigenvalue weighted by Gasteiger charge is -2.26. The van der Waals surface area contributed by atoms with Crippen molar-refractivity contribution in [3.8, 4) is 0 Å². The molecule has 1 aliphatic carbocycles. The van der Waals surface area contributed by atoms with Gasteiger partial charge in [0.2, 0.25) is 0 Å². The summed E-state index contributed by atoms with van der Waals surface area (Å²) in [6, 6.07) is 6.65. The highest BCUT2D eigenvalue weighted by molar-refractivity contribution is 5.28. The molecule has 1 fully saturated rings. The predicted molar refractivity (Wildman–Crippen MR) is 67.0 cm³/mol. The summed E-state index contributed by atoms with van der Waals surface area (Å²) in [6.07, 6.45) is 5.45. The average molecular weight is 219 g/mol. The van der Waals surface area contributed by atoms with Crippen LogP contribution in [-0.4, -0.2) is 22.5 Å². The van der Waals surface area contributed by atoms with E-state index in [1.807, 2.05) is 12.1 Å². The van der Waals surface area contributed by atoms with Crippen LogP contribution in [0.2, 0.25) is 0 Å². The monoisotopic (exact) mass is 219 g/mol. The van der Waals surface area contributed by atoms with Gasteiger partial charge in [-0.25, -0.2) is 4.98 Å². The Morgan fingerprint density at radius 1 is 1.38 bits per heavy atom. The third kappa shape index (κ3) is 2.73. The number of hydrogen-bond acceptors (Lipinski definition) is 3. The molecule has 1 aromatic rings. The molecule has 0 unspecified atom stereocenters. The van der Waals surface area contributed by atoms with E-state index in [2.05, 4.69) is 22.9 Å². The van der Waals surface area contributed by atoms with E-state index in [0.29, 0.717) is 5.82 Å². The van der Waals surface area contributed by atoms with Crippen LogP contribution in [0.1, 0.15) is 38.3 Å². The van der Waals surface area contributed by atoms with Gasteiger partial charge in [-0.2, -0.15) is 0 Å². The van der Waals surface area contributed by atoms with Crippen molar-refractivity contribution in [2.24, 2.45) is 0 Å². The first-order valence-electron chi connectivity index (χ1n) is 6.25. The minimum absolute atomic E-state index is 0.625. The van der Waals surface area contributed by atoms with Crippen LogP contribution in [0, 0.1) is 0 Å². The molecule has 0 saturated heterocycles. The van der Waals surface area contributed by atoms with Gasteiger partial charge in [0.25, 0.3) is 0 Å². The van der Waals surface area contributed by atoms with E-state index in [1.165, 1.54) is 25.7 Å². The van der Waals surface area contributed by atoms with Crippen molar-refractivity contribution < 1.29 is 0 Å². The van der Waals surface area contributed by atoms with Gasteiger partial charge in [-0.1, -0.05) is 25.8 Å². The molecule has 0 amide bonds. The SMILES string of the molecule is CCN(Cc1cccc(N)n1)C1CCCC1. The fourth-order valence-corrected chi connectivity index (χ4v) is 2.56. The predicted octanol–water partition coefficient (Wildman–Crippen LogP) is 2.43. The Kier molecular flexibility index (Phi) is 3.78. The minimum atomic E-state index is 0.625. The van der Waals surface area contributed by atoms with Crippen molar-refractivity contribution in [1.82, 2.24) is 9.88 Å². The maximum atomic E-state index is 5.70. The highest BCUT2D eigenvalue weighted by Gasteiger charge is 2.21. The number of hydrogen-bond donors (Lipinski definition) is 1. The van der Waals surface area contributed by atoms with Crippen LogP contribution in [0.3, 0.4) is 0 Å². The Balaban J connectivity index is 2.00. The molecular weight excluding hydrogens is 198 g/mol. The van der Waals surface area contributed by atoms with Crippen LogP contribution in [0.25, 0.3) is 0 Å². The Bertz CT molecular complexity index is 332. The molecule has 2 rings (SSSR count). The quantitative estimate of drug-likeness (QED) is 0.845. The molecule has 3 heteroatoms. The van der Waals surface area contributed by atoms with Crippen LogP contribution in [-0.2, 0) is 6.54 Å². The van der Waals surface area contributed by atoms with E-state index in [-0.39, 0.29) is 0 Å². The summed E-state index contributed by atoms with van der Waals surface area (Å²) in [5.41, 5.74) is 6.79. The van der Waals surface area contributed by atoms with Crippen LogP contribution >= 0.6 is 0 Å². The van der Waals surface area contributed by atoms with Gasteiger partial charge in [0.1, 0.15) is 5.82 Å². The smallest absolute Gasteiger partial charge is 0.123 e. The Hall–Kier alpha value is -1.09. The molecule has 0 bridgehead atoms. The second-order valence-corrected chi connectivity index (χ2v) is 4.56. The molecule has 0 atom stereocenters. The van der Waals surface area contributed by atoms with Crippen LogP contribution < -0.4 is 5.73 Å². The highest BCUT2D eigenvalue weighted by Crippen LogP contribution is 2.24. The normalized spacial score (nSPS) is 17.1. The maximum Gasteiger partial charge on any atom is 0.123 e. The summed E-state index contributed by atoms with van der Waals surface area (Å²) in [7, 11) is 0. The molecule has 88 valence electrons. The van der Waals surface area contributed by atoms with Crippen molar-refractivity contribution in [2.45, 2.75) is 45.2 Å². The average Bonchev–Trinajstić information content (AvgIpc) is 2.79. The second kappa shape index (κ2) is 5.30. The molecule has 16 heavy (non-hydrogen) atoms. The van der Waals surface area contributed by atoms with Gasteiger partial charge in [0.15, 0.2) is 0 Å². The number of anilines is 1. The van der Waals surface area contributed by atoms with Crippen molar-refractivity contribution in [3.05, 3.63) is 23.9 Å². The van der Waals surface area contributed by atoms with E-state index in [9.17, 15) is 0 Å². The molecule has 0 aliphatic heterocycles. The van der Waals surface area contributed by atoms with Gasteiger partial charge in [0.05, 0.1) is 5.69 Å². The summed E-state index contributed by atoms with van der Waals surface area (Å²) < 4.78 is 0. The van der Waals surface area contributed by atoms with Crippen molar-refractivity contribution in [2.75, 3.05) is 12.3 Å². The molecule has 1 aromatic heterocycles. The van der Waals surface area contributed by atoms with Crippen molar-refractivity contribution in [3.63, 3.8) is 0 Å². The third-order valence-electron chi connectivity index (χ3n) is 3.44. The van der Waals surface area contributed by atoms with Crippen LogP contribution in [0.5, 0.6) is 0 Å². The third-order valence-corrected chi connectivity index (χ3v) is 3.44.